The van der Waals surface area contributed by atoms with Crippen molar-refractivity contribution in [3.63, 3.8) is 0 Å². The number of hydrogen-bond acceptors (Lipinski definition) is 5. The average Bonchev–Trinajstić information content (AvgIpc) is 2.79. The highest BCUT2D eigenvalue weighted by atomic mass is 16.5. The largest absolute Gasteiger partial charge is 0.487 e. The van der Waals surface area contributed by atoms with Crippen LogP contribution in [0.1, 0.15) is 22.4 Å². The third-order valence-electron chi connectivity index (χ3n) is 5.15. The lowest BCUT2D eigenvalue weighted by Crippen LogP contribution is -2.20. The van der Waals surface area contributed by atoms with Gasteiger partial charge in [-0.25, -0.2) is 4.98 Å². The maximum absolute atomic E-state index is 12.4. The Morgan fingerprint density at radius 2 is 1.82 bits per heavy atom. The van der Waals surface area contributed by atoms with Crippen LogP contribution in [0.2, 0.25) is 0 Å². The normalized spacial score (nSPS) is 10.8. The number of fused-ring (bicyclic) bond motifs is 1. The number of nitrogens with one attached hydrogen (secondary N) is 1. The van der Waals surface area contributed by atoms with Crippen LogP contribution in [-0.2, 0) is 11.4 Å². The molecule has 2 aromatic carbocycles. The van der Waals surface area contributed by atoms with Gasteiger partial charge in [0.1, 0.15) is 23.8 Å². The van der Waals surface area contributed by atoms with Gasteiger partial charge >= 0.3 is 0 Å². The van der Waals surface area contributed by atoms with Crippen LogP contribution in [0, 0.1) is 20.8 Å². The number of carbonyl (C=O) groups excluding carboxylic acids is 1. The maximum atomic E-state index is 12.4. The van der Waals surface area contributed by atoms with Crippen molar-refractivity contribution in [3.05, 3.63) is 99.6 Å². The number of anilines is 1. The van der Waals surface area contributed by atoms with Gasteiger partial charge in [-0.1, -0.05) is 24.3 Å². The van der Waals surface area contributed by atoms with Crippen LogP contribution >= 0.6 is 0 Å². The smallest absolute Gasteiger partial charge is 0.262 e. The van der Waals surface area contributed by atoms with E-state index in [1.54, 1.807) is 30.5 Å². The predicted molar refractivity (Wildman–Crippen MR) is 127 cm³/mol. The first-order chi connectivity index (χ1) is 15.9. The molecule has 0 radical (unpaired) electrons. The van der Waals surface area contributed by atoms with E-state index >= 15 is 0 Å². The summed E-state index contributed by atoms with van der Waals surface area (Å²) in [5.74, 6) is 0.971. The van der Waals surface area contributed by atoms with Crippen molar-refractivity contribution in [1.82, 2.24) is 9.38 Å². The van der Waals surface area contributed by atoms with Gasteiger partial charge < -0.3 is 14.8 Å². The highest BCUT2D eigenvalue weighted by Crippen LogP contribution is 2.20. The van der Waals surface area contributed by atoms with E-state index in [2.05, 4.69) is 10.3 Å². The zero-order chi connectivity index (χ0) is 23.4. The molecule has 1 amide bonds. The molecule has 7 heteroatoms. The van der Waals surface area contributed by atoms with Gasteiger partial charge in [-0.05, 0) is 61.7 Å². The lowest BCUT2D eigenvalue weighted by molar-refractivity contribution is -0.118. The van der Waals surface area contributed by atoms with Crippen molar-refractivity contribution < 1.29 is 14.3 Å². The van der Waals surface area contributed by atoms with Crippen molar-refractivity contribution in [1.29, 1.82) is 0 Å². The molecule has 0 aliphatic heterocycles. The van der Waals surface area contributed by atoms with Crippen molar-refractivity contribution >= 4 is 17.2 Å². The Balaban J connectivity index is 1.38. The Bertz CT molecular complexity index is 1380. The summed E-state index contributed by atoms with van der Waals surface area (Å²) in [6, 6.07) is 18.1. The molecule has 33 heavy (non-hydrogen) atoms. The number of aryl methyl sites for hydroxylation is 3. The molecule has 0 spiro atoms. The monoisotopic (exact) mass is 443 g/mol. The number of hydrogen-bond donors (Lipinski definition) is 1. The minimum Gasteiger partial charge on any atom is -0.487 e. The molecule has 2 heterocycles. The molecule has 1 N–H and O–H groups in total. The summed E-state index contributed by atoms with van der Waals surface area (Å²) in [6.45, 7) is 5.85. The highest BCUT2D eigenvalue weighted by Gasteiger charge is 2.08. The summed E-state index contributed by atoms with van der Waals surface area (Å²) in [5.41, 5.74) is 4.51. The molecule has 7 nitrogen and oxygen atoms in total. The molecule has 2 aromatic heterocycles. The first-order valence-electron chi connectivity index (χ1n) is 10.6. The Morgan fingerprint density at radius 1 is 0.970 bits per heavy atom. The molecular weight excluding hydrogens is 418 g/mol. The number of ether oxygens (including phenoxy) is 2. The first-order valence-corrected chi connectivity index (χ1v) is 10.6. The highest BCUT2D eigenvalue weighted by molar-refractivity contribution is 5.92. The van der Waals surface area contributed by atoms with Crippen LogP contribution < -0.4 is 20.3 Å². The van der Waals surface area contributed by atoms with E-state index in [0.29, 0.717) is 28.5 Å². The van der Waals surface area contributed by atoms with Crippen LogP contribution in [0.5, 0.6) is 11.5 Å². The van der Waals surface area contributed by atoms with Gasteiger partial charge in [-0.15, -0.1) is 0 Å². The van der Waals surface area contributed by atoms with Crippen molar-refractivity contribution in [3.8, 4) is 11.5 Å². The summed E-state index contributed by atoms with van der Waals surface area (Å²) in [5, 5.41) is 2.81. The standard InChI is InChI=1S/C26H25N3O4/c1-17-9-10-18(2)23(12-17)33-16-24(30)27-20-7-4-8-22(13-20)32-15-21-14-25(31)29-11-5-6-19(3)26(29)28-21/h4-14H,15-16H2,1-3H3,(H,27,30). The molecule has 0 aliphatic carbocycles. The first kappa shape index (κ1) is 22.1. The second-order valence-corrected chi connectivity index (χ2v) is 7.89. The molecule has 4 rings (SSSR count). The van der Waals surface area contributed by atoms with Gasteiger partial charge in [0.25, 0.3) is 11.5 Å². The summed E-state index contributed by atoms with van der Waals surface area (Å²) >= 11 is 0. The molecule has 0 atom stereocenters. The summed E-state index contributed by atoms with van der Waals surface area (Å²) < 4.78 is 13.0. The van der Waals surface area contributed by atoms with Crippen LogP contribution in [0.3, 0.4) is 0 Å². The minimum atomic E-state index is -0.271. The number of benzene rings is 2. The maximum Gasteiger partial charge on any atom is 0.262 e. The SMILES string of the molecule is Cc1ccc(C)c(OCC(=O)Nc2cccc(OCc3cc(=O)n4cccc(C)c4n3)c2)c1. The number of rotatable bonds is 7. The summed E-state index contributed by atoms with van der Waals surface area (Å²) in [6.07, 6.45) is 1.69. The molecule has 0 aliphatic rings. The molecule has 0 saturated heterocycles. The van der Waals surface area contributed by atoms with Crippen molar-refractivity contribution in [2.45, 2.75) is 27.4 Å². The van der Waals surface area contributed by atoms with E-state index in [4.69, 9.17) is 9.47 Å². The molecular formula is C26H25N3O4. The van der Waals surface area contributed by atoms with Gasteiger partial charge in [0.15, 0.2) is 6.61 Å². The van der Waals surface area contributed by atoms with Crippen LogP contribution in [0.25, 0.3) is 5.65 Å². The lowest BCUT2D eigenvalue weighted by atomic mass is 10.1. The third kappa shape index (κ3) is 5.38. The number of nitrogens with zero attached hydrogens (tertiary/aromatic N) is 2. The minimum absolute atomic E-state index is 0.0975. The van der Waals surface area contributed by atoms with Crippen LogP contribution in [0.15, 0.2) is 71.7 Å². The topological polar surface area (TPSA) is 81.9 Å². The molecule has 0 bridgehead atoms. The third-order valence-corrected chi connectivity index (χ3v) is 5.15. The van der Waals surface area contributed by atoms with Gasteiger partial charge in [0.2, 0.25) is 0 Å². The molecule has 4 aromatic rings. The molecule has 0 saturated carbocycles. The Morgan fingerprint density at radius 3 is 2.67 bits per heavy atom. The Kier molecular flexibility index (Phi) is 6.40. The quantitative estimate of drug-likeness (QED) is 0.463. The van der Waals surface area contributed by atoms with Crippen molar-refractivity contribution in [2.24, 2.45) is 0 Å². The van der Waals surface area contributed by atoms with Gasteiger partial charge in [-0.2, -0.15) is 0 Å². The van der Waals surface area contributed by atoms with Crippen molar-refractivity contribution in [2.75, 3.05) is 11.9 Å². The van der Waals surface area contributed by atoms with E-state index in [0.717, 1.165) is 16.7 Å². The zero-order valence-corrected chi connectivity index (χ0v) is 18.8. The van der Waals surface area contributed by atoms with Gasteiger partial charge in [-0.3, -0.25) is 14.0 Å². The van der Waals surface area contributed by atoms with Gasteiger partial charge in [0, 0.05) is 24.0 Å². The fraction of sp³-hybridized carbons (Fsp3) is 0.192. The number of pyridine rings is 1. The second kappa shape index (κ2) is 9.56. The average molecular weight is 444 g/mol. The predicted octanol–water partition coefficient (Wildman–Crippen LogP) is 4.22. The fourth-order valence-corrected chi connectivity index (χ4v) is 3.41. The van der Waals surface area contributed by atoms with E-state index in [-0.39, 0.29) is 24.7 Å². The van der Waals surface area contributed by atoms with E-state index in [1.165, 1.54) is 10.5 Å². The van der Waals surface area contributed by atoms with E-state index in [1.807, 2.05) is 51.1 Å². The lowest BCUT2D eigenvalue weighted by Gasteiger charge is -2.12. The van der Waals surface area contributed by atoms with Gasteiger partial charge in [0.05, 0.1) is 5.69 Å². The van der Waals surface area contributed by atoms with E-state index in [9.17, 15) is 9.59 Å². The second-order valence-electron chi connectivity index (χ2n) is 7.89. The number of aromatic nitrogens is 2. The molecule has 0 fully saturated rings. The fourth-order valence-electron chi connectivity index (χ4n) is 3.41. The van der Waals surface area contributed by atoms with Crippen LogP contribution in [-0.4, -0.2) is 21.9 Å². The van der Waals surface area contributed by atoms with E-state index < -0.39 is 0 Å². The molecule has 168 valence electrons. The summed E-state index contributed by atoms with van der Waals surface area (Å²) in [4.78, 5) is 29.2. The van der Waals surface area contributed by atoms with Crippen LogP contribution in [0.4, 0.5) is 5.69 Å². The Hall–Kier alpha value is -4.13. The Labute approximate surface area is 191 Å². The summed E-state index contributed by atoms with van der Waals surface area (Å²) in [7, 11) is 0. The number of amides is 1. The zero-order valence-electron chi connectivity index (χ0n) is 18.8. The number of carbonyl (C=O) groups is 1. The molecule has 0 unspecified atom stereocenters.